The number of esters is 4. The largest absolute Gasteiger partial charge is 0.472 e. The number of hydrogen-bond acceptors (Lipinski definition) is 15. The predicted octanol–water partition coefficient (Wildman–Crippen LogP) is 24.8. The van der Waals surface area contributed by atoms with Crippen LogP contribution < -0.4 is 0 Å². The van der Waals surface area contributed by atoms with Crippen molar-refractivity contribution in [1.82, 2.24) is 0 Å². The number of aliphatic hydroxyl groups is 1. The van der Waals surface area contributed by atoms with Gasteiger partial charge in [0.15, 0.2) is 12.2 Å². The molecule has 0 fully saturated rings. The maximum atomic E-state index is 13.1. The number of rotatable bonds is 80. The summed E-state index contributed by atoms with van der Waals surface area (Å²) in [5.41, 5.74) is 0. The van der Waals surface area contributed by atoms with Gasteiger partial charge in [-0.25, -0.2) is 9.13 Å². The minimum absolute atomic E-state index is 0.106. The highest BCUT2D eigenvalue weighted by Crippen LogP contribution is 2.45. The van der Waals surface area contributed by atoms with E-state index >= 15 is 0 Å². The minimum Gasteiger partial charge on any atom is -0.462 e. The Morgan fingerprint density at radius 2 is 0.441 bits per heavy atom. The zero-order valence-corrected chi connectivity index (χ0v) is 69.0. The first-order valence-corrected chi connectivity index (χ1v) is 45.8. The number of phosphoric acid groups is 2. The second-order valence-corrected chi connectivity index (χ2v) is 33.7. The van der Waals surface area contributed by atoms with Gasteiger partial charge in [0.1, 0.15) is 19.3 Å². The molecule has 0 saturated carbocycles. The monoisotopic (exact) mass is 1490 g/mol. The normalized spacial score (nSPS) is 15.0. The van der Waals surface area contributed by atoms with E-state index in [4.69, 9.17) is 37.0 Å². The van der Waals surface area contributed by atoms with Gasteiger partial charge in [0.05, 0.1) is 26.4 Å². The highest BCUT2D eigenvalue weighted by atomic mass is 31.2. The van der Waals surface area contributed by atoms with E-state index in [-0.39, 0.29) is 25.7 Å². The van der Waals surface area contributed by atoms with Gasteiger partial charge < -0.3 is 33.8 Å². The van der Waals surface area contributed by atoms with Crippen LogP contribution in [0, 0.1) is 23.7 Å². The van der Waals surface area contributed by atoms with Crippen molar-refractivity contribution in [2.75, 3.05) is 39.6 Å². The summed E-state index contributed by atoms with van der Waals surface area (Å²) < 4.78 is 68.8. The van der Waals surface area contributed by atoms with Crippen LogP contribution in [0.4, 0.5) is 0 Å². The van der Waals surface area contributed by atoms with E-state index in [1.807, 2.05) is 0 Å². The molecule has 0 bridgehead atoms. The Hall–Kier alpha value is -1.94. The molecule has 0 amide bonds. The third kappa shape index (κ3) is 71.0. The smallest absolute Gasteiger partial charge is 0.462 e. The summed E-state index contributed by atoms with van der Waals surface area (Å²) in [5.74, 6) is 1.11. The standard InChI is InChI=1S/C83H162O17P2/c1-9-73(5)59-51-43-35-29-25-21-17-15-13-14-16-18-23-27-31-39-49-57-65-82(87)99-78(69-93-80(85)63-55-47-38-34-33-37-45-53-61-75(7)11-3)71-97-101(89,90)95-67-77(84)68-96-102(91,92)98-72-79(70-94-81(86)64-56-48-42-41-46-54-62-76(8)12-4)100-83(88)66-58-50-40-32-28-24-20-19-22-26-30-36-44-52-60-74(6)10-2/h73-79,84H,9-72H2,1-8H3,(H,89,90)(H,91,92)/t73?,74?,75?,76?,77-,78-,79-/m1/s1. The fraction of sp³-hybridized carbons (Fsp3) is 0.952. The number of ether oxygens (including phenoxy) is 4. The molecule has 0 aromatic carbocycles. The van der Waals surface area contributed by atoms with Crippen molar-refractivity contribution < 1.29 is 80.2 Å². The molecule has 3 N–H and O–H groups in total. The van der Waals surface area contributed by atoms with Crippen LogP contribution in [0.15, 0.2) is 0 Å². The van der Waals surface area contributed by atoms with Gasteiger partial charge >= 0.3 is 39.5 Å². The van der Waals surface area contributed by atoms with E-state index in [2.05, 4.69) is 55.4 Å². The van der Waals surface area contributed by atoms with E-state index in [0.29, 0.717) is 25.7 Å². The molecular formula is C83H162O17P2. The molecule has 0 radical (unpaired) electrons. The van der Waals surface area contributed by atoms with E-state index in [9.17, 15) is 43.2 Å². The Kier molecular flexibility index (Phi) is 70.6. The fourth-order valence-corrected chi connectivity index (χ4v) is 14.2. The van der Waals surface area contributed by atoms with Crippen molar-refractivity contribution >= 4 is 39.5 Å². The van der Waals surface area contributed by atoms with E-state index < -0.39 is 97.5 Å². The summed E-state index contributed by atoms with van der Waals surface area (Å²) >= 11 is 0. The van der Waals surface area contributed by atoms with Crippen molar-refractivity contribution in [3.05, 3.63) is 0 Å². The lowest BCUT2D eigenvalue weighted by Crippen LogP contribution is -2.30. The van der Waals surface area contributed by atoms with Gasteiger partial charge in [0.2, 0.25) is 0 Å². The molecule has 19 heteroatoms. The molecule has 6 unspecified atom stereocenters. The van der Waals surface area contributed by atoms with Gasteiger partial charge in [0, 0.05) is 25.7 Å². The molecule has 102 heavy (non-hydrogen) atoms. The van der Waals surface area contributed by atoms with Gasteiger partial charge in [-0.15, -0.1) is 0 Å². The van der Waals surface area contributed by atoms with Crippen molar-refractivity contribution in [3.8, 4) is 0 Å². The topological polar surface area (TPSA) is 237 Å². The number of carbonyl (C=O) groups excluding carboxylic acids is 4. The lowest BCUT2D eigenvalue weighted by molar-refractivity contribution is -0.161. The summed E-state index contributed by atoms with van der Waals surface area (Å²) in [5, 5.41) is 10.7. The summed E-state index contributed by atoms with van der Waals surface area (Å²) in [6.07, 6.45) is 59.6. The summed E-state index contributed by atoms with van der Waals surface area (Å²) in [4.78, 5) is 73.1. The first-order valence-electron chi connectivity index (χ1n) is 42.9. The van der Waals surface area contributed by atoms with E-state index in [0.717, 1.165) is 120 Å². The molecule has 0 aliphatic carbocycles. The van der Waals surface area contributed by atoms with Crippen molar-refractivity contribution in [2.45, 2.75) is 446 Å². The van der Waals surface area contributed by atoms with E-state index in [1.54, 1.807) is 0 Å². The number of carbonyl (C=O) groups is 4. The lowest BCUT2D eigenvalue weighted by atomic mass is 9.99. The molecule has 606 valence electrons. The number of unbranched alkanes of at least 4 members (excludes halogenated alkanes) is 42. The maximum Gasteiger partial charge on any atom is 0.472 e. The van der Waals surface area contributed by atoms with Crippen molar-refractivity contribution in [3.63, 3.8) is 0 Å². The Morgan fingerprint density at radius 1 is 0.265 bits per heavy atom. The third-order valence-electron chi connectivity index (χ3n) is 20.8. The predicted molar refractivity (Wildman–Crippen MR) is 418 cm³/mol. The van der Waals surface area contributed by atoms with Crippen LogP contribution in [-0.4, -0.2) is 96.7 Å². The van der Waals surface area contributed by atoms with Gasteiger partial charge in [0.25, 0.3) is 0 Å². The Balaban J connectivity index is 5.20. The highest BCUT2D eigenvalue weighted by molar-refractivity contribution is 7.47. The molecule has 0 aromatic rings. The number of hydrogen-bond donors (Lipinski definition) is 3. The minimum atomic E-state index is -4.96. The molecule has 9 atom stereocenters. The van der Waals surface area contributed by atoms with Crippen LogP contribution in [0.1, 0.15) is 428 Å². The second kappa shape index (κ2) is 72.0. The van der Waals surface area contributed by atoms with Crippen LogP contribution in [0.5, 0.6) is 0 Å². The van der Waals surface area contributed by atoms with E-state index in [1.165, 1.54) is 225 Å². The molecule has 0 rings (SSSR count). The van der Waals surface area contributed by atoms with Gasteiger partial charge in [-0.2, -0.15) is 0 Å². The molecular weight excluding hydrogens is 1330 g/mol. The Bertz CT molecular complexity index is 2000. The van der Waals surface area contributed by atoms with Gasteiger partial charge in [-0.3, -0.25) is 37.3 Å². The SMILES string of the molecule is CCC(C)CCCCCCCCCCCCCCCCCCCCC(=O)O[C@H](COC(=O)CCCCCCCCCCC(C)CC)COP(=O)(O)OC[C@@H](O)COP(=O)(O)OC[C@@H](COC(=O)CCCCCCCCC(C)CC)OC(=O)CCCCCCCCCCCCCCCCC(C)CC. The zero-order valence-electron chi connectivity index (χ0n) is 67.2. The quantitative estimate of drug-likeness (QED) is 0.0222. The number of aliphatic hydroxyl groups excluding tert-OH is 1. The summed E-state index contributed by atoms with van der Waals surface area (Å²) in [7, 11) is -9.92. The molecule has 0 saturated heterocycles. The van der Waals surface area contributed by atoms with Gasteiger partial charge in [-0.1, -0.05) is 376 Å². The molecule has 0 aromatic heterocycles. The van der Waals surface area contributed by atoms with Crippen LogP contribution in [0.3, 0.4) is 0 Å². The maximum absolute atomic E-state index is 13.1. The molecule has 17 nitrogen and oxygen atoms in total. The fourth-order valence-electron chi connectivity index (χ4n) is 12.7. The first-order chi connectivity index (χ1) is 49.2. The molecule has 0 heterocycles. The average Bonchev–Trinajstić information content (AvgIpc) is 0.912. The molecule has 0 aliphatic rings. The van der Waals surface area contributed by atoms with Gasteiger partial charge in [-0.05, 0) is 49.4 Å². The number of phosphoric ester groups is 2. The second-order valence-electron chi connectivity index (χ2n) is 30.8. The van der Waals surface area contributed by atoms with Crippen molar-refractivity contribution in [2.24, 2.45) is 23.7 Å². The molecule has 0 aliphatic heterocycles. The Labute approximate surface area is 626 Å². The lowest BCUT2D eigenvalue weighted by Gasteiger charge is -2.21. The molecule has 0 spiro atoms. The van der Waals surface area contributed by atoms with Crippen molar-refractivity contribution in [1.29, 1.82) is 0 Å². The highest BCUT2D eigenvalue weighted by Gasteiger charge is 2.30. The average molecular weight is 1490 g/mol. The van der Waals surface area contributed by atoms with Crippen LogP contribution in [-0.2, 0) is 65.4 Å². The first kappa shape index (κ1) is 100. The Morgan fingerprint density at radius 3 is 0.647 bits per heavy atom. The van der Waals surface area contributed by atoms with Crippen LogP contribution in [0.25, 0.3) is 0 Å². The van der Waals surface area contributed by atoms with Crippen LogP contribution in [0.2, 0.25) is 0 Å². The summed E-state index contributed by atoms with van der Waals surface area (Å²) in [6.45, 7) is 14.3. The third-order valence-corrected chi connectivity index (χ3v) is 22.7. The summed E-state index contributed by atoms with van der Waals surface area (Å²) in [6, 6.07) is 0. The van der Waals surface area contributed by atoms with Crippen LogP contribution >= 0.6 is 15.6 Å². The zero-order chi connectivity index (χ0) is 75.3.